The molecule has 0 aromatic rings. The van der Waals surface area contributed by atoms with Crippen LogP contribution >= 0.6 is 0 Å². The van der Waals surface area contributed by atoms with Gasteiger partial charge in [0.2, 0.25) is 11.8 Å². The van der Waals surface area contributed by atoms with Crippen molar-refractivity contribution in [2.75, 3.05) is 26.2 Å². The summed E-state index contributed by atoms with van der Waals surface area (Å²) >= 11 is 0. The van der Waals surface area contributed by atoms with Crippen LogP contribution in [-0.2, 0) is 14.4 Å². The van der Waals surface area contributed by atoms with Crippen molar-refractivity contribution in [2.45, 2.75) is 51.9 Å². The average molecular weight is 294 g/mol. The Hall–Kier alpha value is -1.39. The molecule has 0 spiro atoms. The van der Waals surface area contributed by atoms with E-state index in [1.165, 1.54) is 26.2 Å². The summed E-state index contributed by atoms with van der Waals surface area (Å²) in [6.45, 7) is 4.00. The Labute approximate surface area is 126 Å². The van der Waals surface area contributed by atoms with Crippen LogP contribution in [0.1, 0.15) is 51.9 Å². The summed E-state index contributed by atoms with van der Waals surface area (Å²) in [5.74, 6) is 0.577. The monoisotopic (exact) mass is 294 g/mol. The largest absolute Gasteiger partial charge is 0.339 e. The van der Waals surface area contributed by atoms with Gasteiger partial charge in [-0.1, -0.05) is 19.3 Å². The molecule has 1 heterocycles. The summed E-state index contributed by atoms with van der Waals surface area (Å²) in [5.41, 5.74) is 0. The normalized spacial score (nSPS) is 20.4. The van der Waals surface area contributed by atoms with E-state index in [4.69, 9.17) is 0 Å². The molecule has 118 valence electrons. The maximum absolute atomic E-state index is 12.4. The number of piperazine rings is 1. The minimum absolute atomic E-state index is 0.0370. The molecule has 2 fully saturated rings. The third-order valence-electron chi connectivity index (χ3n) is 4.59. The van der Waals surface area contributed by atoms with Crippen molar-refractivity contribution >= 4 is 17.6 Å². The molecule has 21 heavy (non-hydrogen) atoms. The van der Waals surface area contributed by atoms with Gasteiger partial charge in [0.05, 0.1) is 0 Å². The van der Waals surface area contributed by atoms with Gasteiger partial charge in [0.25, 0.3) is 0 Å². The maximum atomic E-state index is 12.4. The van der Waals surface area contributed by atoms with Crippen molar-refractivity contribution in [3.8, 4) is 0 Å². The zero-order chi connectivity index (χ0) is 15.2. The lowest BCUT2D eigenvalue weighted by molar-refractivity contribution is -0.143. The van der Waals surface area contributed by atoms with E-state index in [1.54, 1.807) is 4.90 Å². The summed E-state index contributed by atoms with van der Waals surface area (Å²) in [5, 5.41) is 0. The quantitative estimate of drug-likeness (QED) is 0.791. The molecule has 0 N–H and O–H groups in total. The number of carbonyl (C=O) groups excluding carboxylic acids is 3. The second-order valence-corrected chi connectivity index (χ2v) is 6.24. The van der Waals surface area contributed by atoms with Gasteiger partial charge in [-0.15, -0.1) is 0 Å². The number of hydrogen-bond donors (Lipinski definition) is 0. The molecule has 0 atom stereocenters. The Morgan fingerprint density at radius 1 is 0.857 bits per heavy atom. The highest BCUT2D eigenvalue weighted by atomic mass is 16.2. The highest BCUT2D eigenvalue weighted by Gasteiger charge is 2.29. The molecule has 0 bridgehead atoms. The van der Waals surface area contributed by atoms with Gasteiger partial charge >= 0.3 is 0 Å². The minimum atomic E-state index is 0.0370. The SMILES string of the molecule is CC(=O)CCC(=O)N1CCN(C(=O)C2CCCCC2)CC1. The van der Waals surface area contributed by atoms with E-state index in [-0.39, 0.29) is 23.5 Å². The molecule has 1 aliphatic heterocycles. The first-order valence-electron chi connectivity index (χ1n) is 8.14. The molecule has 0 radical (unpaired) electrons. The van der Waals surface area contributed by atoms with Gasteiger partial charge in [-0.05, 0) is 19.8 Å². The molecular formula is C16H26N2O3. The van der Waals surface area contributed by atoms with E-state index in [0.29, 0.717) is 39.0 Å². The number of ketones is 1. The Balaban J connectivity index is 1.75. The standard InChI is InChI=1S/C16H26N2O3/c1-13(19)7-8-15(20)17-9-11-18(12-10-17)16(21)14-5-3-2-4-6-14/h14H,2-12H2,1H3. The molecule has 2 rings (SSSR count). The molecule has 0 unspecified atom stereocenters. The summed E-state index contributed by atoms with van der Waals surface area (Å²) in [4.78, 5) is 39.0. The molecule has 0 aromatic heterocycles. The van der Waals surface area contributed by atoms with Crippen molar-refractivity contribution < 1.29 is 14.4 Å². The van der Waals surface area contributed by atoms with Crippen LogP contribution in [0.3, 0.4) is 0 Å². The molecule has 2 aliphatic rings. The van der Waals surface area contributed by atoms with E-state index in [0.717, 1.165) is 12.8 Å². The van der Waals surface area contributed by atoms with Crippen LogP contribution in [0.4, 0.5) is 0 Å². The zero-order valence-corrected chi connectivity index (χ0v) is 13.0. The molecule has 1 aliphatic carbocycles. The van der Waals surface area contributed by atoms with Crippen LogP contribution in [0.5, 0.6) is 0 Å². The van der Waals surface area contributed by atoms with Gasteiger partial charge in [0.1, 0.15) is 5.78 Å². The van der Waals surface area contributed by atoms with Crippen molar-refractivity contribution in [1.29, 1.82) is 0 Å². The maximum Gasteiger partial charge on any atom is 0.225 e. The predicted molar refractivity (Wildman–Crippen MR) is 79.7 cm³/mol. The second-order valence-electron chi connectivity index (χ2n) is 6.24. The highest BCUT2D eigenvalue weighted by Crippen LogP contribution is 2.25. The molecule has 5 nitrogen and oxygen atoms in total. The number of carbonyl (C=O) groups is 3. The van der Waals surface area contributed by atoms with Crippen LogP contribution in [-0.4, -0.2) is 53.6 Å². The van der Waals surface area contributed by atoms with Crippen LogP contribution in [0.25, 0.3) is 0 Å². The first-order valence-corrected chi connectivity index (χ1v) is 8.14. The minimum Gasteiger partial charge on any atom is -0.339 e. The van der Waals surface area contributed by atoms with E-state index < -0.39 is 0 Å². The van der Waals surface area contributed by atoms with E-state index in [1.807, 2.05) is 4.90 Å². The van der Waals surface area contributed by atoms with Crippen LogP contribution in [0, 0.1) is 5.92 Å². The fourth-order valence-electron chi connectivity index (χ4n) is 3.23. The van der Waals surface area contributed by atoms with Crippen LogP contribution in [0.2, 0.25) is 0 Å². The summed E-state index contributed by atoms with van der Waals surface area (Å²) in [6, 6.07) is 0. The summed E-state index contributed by atoms with van der Waals surface area (Å²) < 4.78 is 0. The molecule has 5 heteroatoms. The lowest BCUT2D eigenvalue weighted by atomic mass is 9.88. The summed E-state index contributed by atoms with van der Waals surface area (Å²) in [6.07, 6.45) is 6.25. The number of Topliss-reactive ketones (excluding diaryl/α,β-unsaturated/α-hetero) is 1. The van der Waals surface area contributed by atoms with E-state index in [9.17, 15) is 14.4 Å². The van der Waals surface area contributed by atoms with Gasteiger partial charge in [-0.2, -0.15) is 0 Å². The third-order valence-corrected chi connectivity index (χ3v) is 4.59. The number of hydrogen-bond acceptors (Lipinski definition) is 3. The topological polar surface area (TPSA) is 57.7 Å². The first kappa shape index (κ1) is 16.0. The number of amides is 2. The lowest BCUT2D eigenvalue weighted by Crippen LogP contribution is -2.52. The predicted octanol–water partition coefficient (Wildman–Crippen LogP) is 1.61. The zero-order valence-electron chi connectivity index (χ0n) is 13.0. The van der Waals surface area contributed by atoms with Crippen molar-refractivity contribution in [3.05, 3.63) is 0 Å². The Morgan fingerprint density at radius 3 is 2.00 bits per heavy atom. The van der Waals surface area contributed by atoms with Gasteiger partial charge in [-0.3, -0.25) is 9.59 Å². The molecular weight excluding hydrogens is 268 g/mol. The van der Waals surface area contributed by atoms with E-state index >= 15 is 0 Å². The molecule has 2 amide bonds. The van der Waals surface area contributed by atoms with Gasteiger partial charge < -0.3 is 14.6 Å². The highest BCUT2D eigenvalue weighted by molar-refractivity contribution is 5.84. The Morgan fingerprint density at radius 2 is 1.43 bits per heavy atom. The van der Waals surface area contributed by atoms with Crippen LogP contribution in [0.15, 0.2) is 0 Å². The second kappa shape index (κ2) is 7.57. The summed E-state index contributed by atoms with van der Waals surface area (Å²) in [7, 11) is 0. The van der Waals surface area contributed by atoms with Crippen molar-refractivity contribution in [2.24, 2.45) is 5.92 Å². The molecule has 1 saturated carbocycles. The number of rotatable bonds is 4. The average Bonchev–Trinajstić information content (AvgIpc) is 2.53. The number of nitrogens with zero attached hydrogens (tertiary/aromatic N) is 2. The Kier molecular flexibility index (Phi) is 5.76. The molecule has 1 saturated heterocycles. The lowest BCUT2D eigenvalue weighted by Gasteiger charge is -2.37. The van der Waals surface area contributed by atoms with Crippen molar-refractivity contribution in [3.63, 3.8) is 0 Å². The fourth-order valence-corrected chi connectivity index (χ4v) is 3.23. The first-order chi connectivity index (χ1) is 10.1. The van der Waals surface area contributed by atoms with E-state index in [2.05, 4.69) is 0 Å². The third kappa shape index (κ3) is 4.55. The van der Waals surface area contributed by atoms with Gasteiger partial charge in [0.15, 0.2) is 0 Å². The smallest absolute Gasteiger partial charge is 0.225 e. The van der Waals surface area contributed by atoms with Crippen molar-refractivity contribution in [1.82, 2.24) is 9.80 Å². The Bertz CT molecular complexity index is 394. The van der Waals surface area contributed by atoms with Gasteiger partial charge in [0, 0.05) is 44.9 Å². The van der Waals surface area contributed by atoms with Crippen LogP contribution < -0.4 is 0 Å². The van der Waals surface area contributed by atoms with Gasteiger partial charge in [-0.25, -0.2) is 0 Å². The fraction of sp³-hybridized carbons (Fsp3) is 0.812. The molecule has 0 aromatic carbocycles.